The number of anilines is 2. The lowest BCUT2D eigenvalue weighted by Gasteiger charge is -2.30. The van der Waals surface area contributed by atoms with Crippen LogP contribution in [0.2, 0.25) is 0 Å². The third-order valence-electron chi connectivity index (χ3n) is 5.52. The zero-order chi connectivity index (χ0) is 24.6. The molecule has 0 aliphatic carbocycles. The minimum Gasteiger partial charge on any atom is -0.338 e. The molecule has 2 aromatic heterocycles. The van der Waals surface area contributed by atoms with Gasteiger partial charge in [0.25, 0.3) is 11.9 Å². The van der Waals surface area contributed by atoms with Crippen molar-refractivity contribution in [3.63, 3.8) is 0 Å². The maximum atomic E-state index is 14.3. The highest BCUT2D eigenvalue weighted by Crippen LogP contribution is 2.35. The van der Waals surface area contributed by atoms with Crippen LogP contribution in [0.15, 0.2) is 27.7 Å². The zero-order valence-corrected chi connectivity index (χ0v) is 20.3. The Kier molecular flexibility index (Phi) is 6.67. The lowest BCUT2D eigenvalue weighted by atomic mass is 9.96. The number of aromatic nitrogens is 3. The Bertz CT molecular complexity index is 1290. The highest BCUT2D eigenvalue weighted by atomic mass is 32.2. The van der Waals surface area contributed by atoms with E-state index in [1.54, 1.807) is 6.20 Å². The number of nitrogens with zero attached hydrogens (tertiary/aromatic N) is 4. The summed E-state index contributed by atoms with van der Waals surface area (Å²) >= 11 is 1.23. The van der Waals surface area contributed by atoms with E-state index in [2.05, 4.69) is 25.3 Å². The van der Waals surface area contributed by atoms with Crippen molar-refractivity contribution >= 4 is 38.2 Å². The Morgan fingerprint density at radius 1 is 1.24 bits per heavy atom. The minimum absolute atomic E-state index is 0.157. The second kappa shape index (κ2) is 9.37. The third kappa shape index (κ3) is 5.09. The maximum absolute atomic E-state index is 14.3. The summed E-state index contributed by atoms with van der Waals surface area (Å²) in [7, 11) is -3.82. The van der Waals surface area contributed by atoms with E-state index in [0.717, 1.165) is 37.1 Å². The minimum atomic E-state index is -3.82. The van der Waals surface area contributed by atoms with Crippen molar-refractivity contribution in [1.29, 1.82) is 0 Å². The monoisotopic (exact) mass is 511 g/mol. The van der Waals surface area contributed by atoms with E-state index in [-0.39, 0.29) is 17.0 Å². The fourth-order valence-electron chi connectivity index (χ4n) is 3.63. The summed E-state index contributed by atoms with van der Waals surface area (Å²) in [5.41, 5.74) is -0.863. The van der Waals surface area contributed by atoms with Crippen molar-refractivity contribution in [2.24, 2.45) is 0 Å². The molecule has 1 aliphatic rings. The number of piperidine rings is 1. The van der Waals surface area contributed by atoms with Gasteiger partial charge in [0.2, 0.25) is 5.89 Å². The number of benzene rings is 1. The highest BCUT2D eigenvalue weighted by molar-refractivity contribution is 7.90. The Morgan fingerprint density at radius 3 is 2.44 bits per heavy atom. The average molecular weight is 512 g/mol. The van der Waals surface area contributed by atoms with Crippen molar-refractivity contribution in [3.05, 3.63) is 46.3 Å². The van der Waals surface area contributed by atoms with Gasteiger partial charge in [0.05, 0.1) is 4.90 Å². The van der Waals surface area contributed by atoms with Crippen LogP contribution in [0.5, 0.6) is 0 Å². The van der Waals surface area contributed by atoms with Gasteiger partial charge in [-0.2, -0.15) is 4.98 Å². The second-order valence-electron chi connectivity index (χ2n) is 8.40. The lowest BCUT2D eigenvalue weighted by Crippen LogP contribution is -2.33. The van der Waals surface area contributed by atoms with Gasteiger partial charge >= 0.3 is 0 Å². The SMILES string of the molecule is CC(C)c1nc(N2CCC(c3cnc(NC(=O)c4c(F)cc(S(C)(=O)=O)cc4F)s3)CC2)no1. The van der Waals surface area contributed by atoms with Crippen molar-refractivity contribution in [3.8, 4) is 0 Å². The summed E-state index contributed by atoms with van der Waals surface area (Å²) in [6.45, 7) is 5.42. The molecule has 4 rings (SSSR count). The number of rotatable bonds is 6. The molecule has 1 aromatic carbocycles. The van der Waals surface area contributed by atoms with Gasteiger partial charge in [-0.05, 0) is 36.0 Å². The molecular weight excluding hydrogens is 488 g/mol. The molecule has 0 spiro atoms. The largest absolute Gasteiger partial charge is 0.338 e. The quantitative estimate of drug-likeness (QED) is 0.528. The number of hydrogen-bond donors (Lipinski definition) is 1. The first kappa shape index (κ1) is 24.2. The molecule has 0 bridgehead atoms. The van der Waals surface area contributed by atoms with Gasteiger partial charge in [0.15, 0.2) is 15.0 Å². The molecule has 0 atom stereocenters. The summed E-state index contributed by atoms with van der Waals surface area (Å²) in [6.07, 6.45) is 4.10. The Labute approximate surface area is 199 Å². The van der Waals surface area contributed by atoms with Crippen LogP contribution >= 0.6 is 11.3 Å². The number of amides is 1. The summed E-state index contributed by atoms with van der Waals surface area (Å²) in [4.78, 5) is 23.5. The predicted octanol–water partition coefficient (Wildman–Crippen LogP) is 3.97. The summed E-state index contributed by atoms with van der Waals surface area (Å²) < 4.78 is 57.0. The average Bonchev–Trinajstić information content (AvgIpc) is 3.43. The molecule has 1 amide bonds. The number of halogens is 2. The zero-order valence-electron chi connectivity index (χ0n) is 18.7. The maximum Gasteiger partial charge on any atom is 0.266 e. The molecule has 9 nitrogen and oxygen atoms in total. The van der Waals surface area contributed by atoms with Gasteiger partial charge in [-0.1, -0.05) is 13.8 Å². The Morgan fingerprint density at radius 2 is 1.88 bits per heavy atom. The number of sulfone groups is 1. The van der Waals surface area contributed by atoms with E-state index in [0.29, 0.717) is 24.0 Å². The van der Waals surface area contributed by atoms with E-state index in [1.165, 1.54) is 11.3 Å². The number of hydrogen-bond acceptors (Lipinski definition) is 9. The van der Waals surface area contributed by atoms with Crippen LogP contribution in [-0.4, -0.2) is 48.8 Å². The predicted molar refractivity (Wildman–Crippen MR) is 122 cm³/mol. The first-order valence-electron chi connectivity index (χ1n) is 10.6. The fraction of sp³-hybridized carbons (Fsp3) is 0.429. The standard InChI is InChI=1S/C21H23F2N5O4S2/c1-11(2)19-26-20(27-32-19)28-6-4-12(5-7-28)16-10-24-21(33-16)25-18(29)17-14(22)8-13(9-15(17)23)34(3,30)31/h8-12H,4-7H2,1-3H3,(H,24,25,29). The number of carbonyl (C=O) groups excluding carboxylic acids is 1. The Balaban J connectivity index is 1.40. The van der Waals surface area contributed by atoms with E-state index < -0.39 is 37.8 Å². The first-order chi connectivity index (χ1) is 16.0. The number of carbonyl (C=O) groups is 1. The van der Waals surface area contributed by atoms with Gasteiger partial charge in [-0.3, -0.25) is 10.1 Å². The molecule has 182 valence electrons. The van der Waals surface area contributed by atoms with Crippen LogP contribution < -0.4 is 10.2 Å². The highest BCUT2D eigenvalue weighted by Gasteiger charge is 2.27. The van der Waals surface area contributed by atoms with Crippen molar-refractivity contribution in [2.75, 3.05) is 29.6 Å². The molecule has 1 N–H and O–H groups in total. The van der Waals surface area contributed by atoms with Crippen molar-refractivity contribution in [1.82, 2.24) is 15.1 Å². The number of nitrogens with one attached hydrogen (secondary N) is 1. The van der Waals surface area contributed by atoms with Crippen LogP contribution in [0.4, 0.5) is 19.9 Å². The van der Waals surface area contributed by atoms with Crippen molar-refractivity contribution in [2.45, 2.75) is 43.4 Å². The van der Waals surface area contributed by atoms with E-state index in [9.17, 15) is 22.0 Å². The third-order valence-corrected chi connectivity index (χ3v) is 7.69. The van der Waals surface area contributed by atoms with Crippen LogP contribution in [0.25, 0.3) is 0 Å². The first-order valence-corrected chi connectivity index (χ1v) is 13.3. The van der Waals surface area contributed by atoms with Crippen LogP contribution in [-0.2, 0) is 9.84 Å². The van der Waals surface area contributed by atoms with E-state index in [4.69, 9.17) is 4.52 Å². The molecular formula is C21H23F2N5O4S2. The summed E-state index contributed by atoms with van der Waals surface area (Å²) in [5.74, 6) is -2.02. The summed E-state index contributed by atoms with van der Waals surface area (Å²) in [5, 5.41) is 6.65. The normalized spacial score (nSPS) is 15.2. The molecule has 1 aliphatic heterocycles. The topological polar surface area (TPSA) is 118 Å². The smallest absolute Gasteiger partial charge is 0.266 e. The van der Waals surface area contributed by atoms with Gasteiger partial charge < -0.3 is 9.42 Å². The van der Waals surface area contributed by atoms with Crippen LogP contribution in [0.1, 0.15) is 59.7 Å². The molecule has 3 aromatic rings. The van der Waals surface area contributed by atoms with Gasteiger partial charge in [-0.25, -0.2) is 22.2 Å². The molecule has 0 radical (unpaired) electrons. The number of thiazole rings is 1. The molecule has 1 saturated heterocycles. The molecule has 0 saturated carbocycles. The van der Waals surface area contributed by atoms with Crippen LogP contribution in [0.3, 0.4) is 0 Å². The van der Waals surface area contributed by atoms with E-state index >= 15 is 0 Å². The molecule has 3 heterocycles. The lowest BCUT2D eigenvalue weighted by molar-refractivity contribution is 0.101. The fourth-order valence-corrected chi connectivity index (χ4v) is 5.24. The second-order valence-corrected chi connectivity index (χ2v) is 11.5. The van der Waals surface area contributed by atoms with Gasteiger partial charge in [0, 0.05) is 36.3 Å². The molecule has 34 heavy (non-hydrogen) atoms. The molecule has 1 fully saturated rings. The molecule has 0 unspecified atom stereocenters. The van der Waals surface area contributed by atoms with Crippen LogP contribution in [0, 0.1) is 11.6 Å². The molecule has 13 heteroatoms. The Hall–Kier alpha value is -2.93. The van der Waals surface area contributed by atoms with Gasteiger partial charge in [0.1, 0.15) is 17.2 Å². The van der Waals surface area contributed by atoms with Gasteiger partial charge in [-0.15, -0.1) is 11.3 Å². The van der Waals surface area contributed by atoms with Crippen molar-refractivity contribution < 1.29 is 26.5 Å². The summed E-state index contributed by atoms with van der Waals surface area (Å²) in [6, 6.07) is 1.25. The van der Waals surface area contributed by atoms with E-state index in [1.807, 2.05) is 13.8 Å².